The highest BCUT2D eigenvalue weighted by atomic mass is 16.5. The summed E-state index contributed by atoms with van der Waals surface area (Å²) in [6.45, 7) is 6.67. The fourth-order valence-electron chi connectivity index (χ4n) is 3.32. The third-order valence-corrected chi connectivity index (χ3v) is 4.92. The van der Waals surface area contributed by atoms with Crippen LogP contribution in [0.15, 0.2) is 65.8 Å². The van der Waals surface area contributed by atoms with Gasteiger partial charge in [-0.1, -0.05) is 47.6 Å². The molecule has 0 aliphatic carbocycles. The quantitative estimate of drug-likeness (QED) is 0.573. The van der Waals surface area contributed by atoms with Gasteiger partial charge in [-0.15, -0.1) is 0 Å². The highest BCUT2D eigenvalue weighted by Gasteiger charge is 2.30. The highest BCUT2D eigenvalue weighted by Crippen LogP contribution is 2.41. The van der Waals surface area contributed by atoms with Gasteiger partial charge in [-0.3, -0.25) is 4.79 Å². The van der Waals surface area contributed by atoms with E-state index in [4.69, 9.17) is 9.47 Å². The first kappa shape index (κ1) is 20.7. The minimum Gasteiger partial charge on any atom is -0.507 e. The standard InChI is InChI=1S/C25H28O4/c1-17(2)8-7-9-18(3)12-13-28-20-14-21(26)25-22(27)16-23(29-24(25)15-20)19-10-5-4-6-11-19/h4-6,8,10-12,14-15,23,26H,7,9,13,16H2,1-3H3. The lowest BCUT2D eigenvalue weighted by Gasteiger charge is -2.26. The Morgan fingerprint density at radius 3 is 2.66 bits per heavy atom. The Kier molecular flexibility index (Phi) is 6.76. The second-order valence-corrected chi connectivity index (χ2v) is 7.64. The van der Waals surface area contributed by atoms with Crippen molar-refractivity contribution in [3.63, 3.8) is 0 Å². The summed E-state index contributed by atoms with van der Waals surface area (Å²) in [5.74, 6) is 0.628. The van der Waals surface area contributed by atoms with E-state index in [1.165, 1.54) is 17.2 Å². The van der Waals surface area contributed by atoms with Crippen LogP contribution in [0.2, 0.25) is 0 Å². The lowest BCUT2D eigenvalue weighted by molar-refractivity contribution is 0.0844. The molecule has 0 saturated carbocycles. The second-order valence-electron chi connectivity index (χ2n) is 7.64. The maximum atomic E-state index is 12.6. The minimum atomic E-state index is -0.358. The highest BCUT2D eigenvalue weighted by molar-refractivity contribution is 6.02. The van der Waals surface area contributed by atoms with Gasteiger partial charge < -0.3 is 14.6 Å². The van der Waals surface area contributed by atoms with Crippen molar-refractivity contribution in [2.24, 2.45) is 0 Å². The van der Waals surface area contributed by atoms with Crippen molar-refractivity contribution < 1.29 is 19.4 Å². The number of aromatic hydroxyl groups is 1. The SMILES string of the molecule is CC(C)=CCCC(C)=CCOc1cc(O)c2c(c1)OC(c1ccccc1)CC2=O. The topological polar surface area (TPSA) is 55.8 Å². The number of benzene rings is 2. The zero-order valence-electron chi connectivity index (χ0n) is 17.3. The Hall–Kier alpha value is -3.01. The molecule has 4 heteroatoms. The van der Waals surface area contributed by atoms with Crippen LogP contribution >= 0.6 is 0 Å². The molecule has 0 fully saturated rings. The van der Waals surface area contributed by atoms with E-state index in [9.17, 15) is 9.90 Å². The fraction of sp³-hybridized carbons (Fsp3) is 0.320. The second kappa shape index (κ2) is 9.46. The first-order valence-electron chi connectivity index (χ1n) is 9.97. The average Bonchev–Trinajstić information content (AvgIpc) is 2.67. The lowest BCUT2D eigenvalue weighted by Crippen LogP contribution is -2.20. The average molecular weight is 392 g/mol. The van der Waals surface area contributed by atoms with Crippen LogP contribution < -0.4 is 9.47 Å². The number of hydrogen-bond donors (Lipinski definition) is 1. The van der Waals surface area contributed by atoms with Crippen molar-refractivity contribution in [3.8, 4) is 17.2 Å². The van der Waals surface area contributed by atoms with Gasteiger partial charge in [0.1, 0.15) is 35.5 Å². The number of allylic oxidation sites excluding steroid dienone is 3. The molecule has 0 radical (unpaired) electrons. The lowest BCUT2D eigenvalue weighted by atomic mass is 9.95. The Bertz CT molecular complexity index is 921. The number of Topliss-reactive ketones (excluding diaryl/α,β-unsaturated/α-hetero) is 1. The summed E-state index contributed by atoms with van der Waals surface area (Å²) in [5, 5.41) is 10.3. The van der Waals surface area contributed by atoms with Gasteiger partial charge in [0.15, 0.2) is 5.78 Å². The van der Waals surface area contributed by atoms with Crippen LogP contribution in [0.1, 0.15) is 62.1 Å². The molecule has 0 bridgehead atoms. The van der Waals surface area contributed by atoms with E-state index in [0.717, 1.165) is 18.4 Å². The molecule has 0 saturated heterocycles. The molecule has 0 amide bonds. The van der Waals surface area contributed by atoms with E-state index in [1.807, 2.05) is 36.4 Å². The molecule has 152 valence electrons. The molecule has 2 aromatic carbocycles. The molecular formula is C25H28O4. The molecule has 1 unspecified atom stereocenters. The number of hydrogen-bond acceptors (Lipinski definition) is 4. The van der Waals surface area contributed by atoms with Crippen LogP contribution in [0.3, 0.4) is 0 Å². The van der Waals surface area contributed by atoms with Crippen LogP contribution in [0.4, 0.5) is 0 Å². The predicted octanol–water partition coefficient (Wildman–Crippen LogP) is 6.17. The summed E-state index contributed by atoms with van der Waals surface area (Å²) in [6.07, 6.45) is 6.11. The van der Waals surface area contributed by atoms with Crippen molar-refractivity contribution in [3.05, 3.63) is 76.9 Å². The molecule has 1 atom stereocenters. The number of rotatable bonds is 7. The maximum Gasteiger partial charge on any atom is 0.174 e. The third kappa shape index (κ3) is 5.50. The normalized spacial score (nSPS) is 16.0. The predicted molar refractivity (Wildman–Crippen MR) is 115 cm³/mol. The van der Waals surface area contributed by atoms with Gasteiger partial charge in [0.05, 0.1) is 6.42 Å². The molecule has 0 aromatic heterocycles. The number of phenols is 1. The molecule has 2 aromatic rings. The molecule has 0 spiro atoms. The fourth-order valence-corrected chi connectivity index (χ4v) is 3.32. The summed E-state index contributed by atoms with van der Waals surface area (Å²) in [7, 11) is 0. The van der Waals surface area contributed by atoms with Gasteiger partial charge in [-0.25, -0.2) is 0 Å². The Labute approximate surface area is 172 Å². The summed E-state index contributed by atoms with van der Waals surface area (Å²) in [4.78, 5) is 12.6. The van der Waals surface area contributed by atoms with E-state index >= 15 is 0 Å². The molecule has 3 rings (SSSR count). The molecule has 1 N–H and O–H groups in total. The van der Waals surface area contributed by atoms with Crippen molar-refractivity contribution in [1.29, 1.82) is 0 Å². The monoisotopic (exact) mass is 392 g/mol. The number of carbonyl (C=O) groups is 1. The molecule has 1 aliphatic heterocycles. The summed E-state index contributed by atoms with van der Waals surface area (Å²) < 4.78 is 11.8. The van der Waals surface area contributed by atoms with E-state index in [1.54, 1.807) is 6.07 Å². The van der Waals surface area contributed by atoms with Gasteiger partial charge in [0.25, 0.3) is 0 Å². The number of fused-ring (bicyclic) bond motifs is 1. The Morgan fingerprint density at radius 1 is 1.17 bits per heavy atom. The molecular weight excluding hydrogens is 364 g/mol. The van der Waals surface area contributed by atoms with Crippen molar-refractivity contribution >= 4 is 5.78 Å². The summed E-state index contributed by atoms with van der Waals surface area (Å²) in [6, 6.07) is 12.8. The first-order valence-corrected chi connectivity index (χ1v) is 9.97. The van der Waals surface area contributed by atoms with Crippen LogP contribution in [0, 0.1) is 0 Å². The number of phenolic OH excluding ortho intramolecular Hbond substituents is 1. The van der Waals surface area contributed by atoms with Crippen LogP contribution in [-0.4, -0.2) is 17.5 Å². The largest absolute Gasteiger partial charge is 0.507 e. The van der Waals surface area contributed by atoms with Crippen molar-refractivity contribution in [1.82, 2.24) is 0 Å². The third-order valence-electron chi connectivity index (χ3n) is 4.92. The molecule has 4 nitrogen and oxygen atoms in total. The van der Waals surface area contributed by atoms with E-state index in [2.05, 4.69) is 26.8 Å². The van der Waals surface area contributed by atoms with Crippen LogP contribution in [-0.2, 0) is 0 Å². The number of carbonyl (C=O) groups excluding carboxylic acids is 1. The minimum absolute atomic E-state index is 0.0988. The van der Waals surface area contributed by atoms with Gasteiger partial charge >= 0.3 is 0 Å². The van der Waals surface area contributed by atoms with Gasteiger partial charge in [-0.2, -0.15) is 0 Å². The van der Waals surface area contributed by atoms with Crippen LogP contribution in [0.25, 0.3) is 0 Å². The summed E-state index contributed by atoms with van der Waals surface area (Å²) >= 11 is 0. The van der Waals surface area contributed by atoms with Gasteiger partial charge in [-0.05, 0) is 45.3 Å². The zero-order valence-corrected chi connectivity index (χ0v) is 17.3. The van der Waals surface area contributed by atoms with E-state index < -0.39 is 0 Å². The maximum absolute atomic E-state index is 12.6. The molecule has 1 heterocycles. The van der Waals surface area contributed by atoms with Crippen molar-refractivity contribution in [2.75, 3.05) is 6.61 Å². The number of ketones is 1. The Balaban J connectivity index is 1.69. The smallest absolute Gasteiger partial charge is 0.174 e. The first-order chi connectivity index (χ1) is 13.9. The van der Waals surface area contributed by atoms with Crippen molar-refractivity contribution in [2.45, 2.75) is 46.1 Å². The van der Waals surface area contributed by atoms with E-state index in [0.29, 0.717) is 18.1 Å². The number of ether oxygens (including phenoxy) is 2. The van der Waals surface area contributed by atoms with E-state index in [-0.39, 0.29) is 29.6 Å². The Morgan fingerprint density at radius 2 is 1.93 bits per heavy atom. The van der Waals surface area contributed by atoms with Crippen LogP contribution in [0.5, 0.6) is 17.2 Å². The molecule has 29 heavy (non-hydrogen) atoms. The summed E-state index contributed by atoms with van der Waals surface area (Å²) in [5.41, 5.74) is 3.74. The zero-order chi connectivity index (χ0) is 20.8. The molecule has 1 aliphatic rings. The van der Waals surface area contributed by atoms with Gasteiger partial charge in [0, 0.05) is 12.1 Å². The van der Waals surface area contributed by atoms with Gasteiger partial charge in [0.2, 0.25) is 0 Å².